The predicted molar refractivity (Wildman–Crippen MR) is 86.9 cm³/mol. The van der Waals surface area contributed by atoms with Crippen LogP contribution in [0, 0.1) is 34.5 Å². The van der Waals surface area contributed by atoms with Crippen molar-refractivity contribution in [3.05, 3.63) is 11.6 Å². The minimum atomic E-state index is -0.0255. The SMILES string of the molecule is CC1=CC[C@@]2(C)C(CC[C@@H]3[C@H]2CC[C@]2(C)C(O)CC[C@@H]32)C1. The largest absolute Gasteiger partial charge is 0.393 e. The van der Waals surface area contributed by atoms with Gasteiger partial charge in [-0.3, -0.25) is 0 Å². The molecule has 1 N–H and O–H groups in total. The summed E-state index contributed by atoms with van der Waals surface area (Å²) in [6, 6.07) is 0. The first-order valence-electron chi connectivity index (χ1n) is 9.29. The molecule has 4 aliphatic rings. The van der Waals surface area contributed by atoms with Crippen LogP contribution in [0.25, 0.3) is 0 Å². The molecule has 0 radical (unpaired) electrons. The Bertz CT molecular complexity index is 466. The first kappa shape index (κ1) is 14.3. The van der Waals surface area contributed by atoms with Crippen molar-refractivity contribution >= 4 is 0 Å². The number of rotatable bonds is 0. The Morgan fingerprint density at radius 3 is 2.57 bits per heavy atom. The van der Waals surface area contributed by atoms with Crippen LogP contribution >= 0.6 is 0 Å². The summed E-state index contributed by atoms with van der Waals surface area (Å²) in [5.41, 5.74) is 2.43. The van der Waals surface area contributed by atoms with Gasteiger partial charge in [-0.25, -0.2) is 0 Å². The second-order valence-electron chi connectivity index (χ2n) is 9.25. The average Bonchev–Trinajstić information content (AvgIpc) is 2.76. The third-order valence-corrected chi connectivity index (χ3v) is 8.47. The zero-order valence-electron chi connectivity index (χ0n) is 14.1. The minimum absolute atomic E-state index is 0.0255. The summed E-state index contributed by atoms with van der Waals surface area (Å²) < 4.78 is 0. The van der Waals surface area contributed by atoms with Crippen molar-refractivity contribution in [3.63, 3.8) is 0 Å². The van der Waals surface area contributed by atoms with E-state index in [0.717, 1.165) is 30.1 Å². The summed E-state index contributed by atoms with van der Waals surface area (Å²) in [6.45, 7) is 7.33. The Labute approximate surface area is 130 Å². The van der Waals surface area contributed by atoms with Gasteiger partial charge in [0.05, 0.1) is 6.10 Å². The fraction of sp³-hybridized carbons (Fsp3) is 0.900. The first-order chi connectivity index (χ1) is 9.95. The van der Waals surface area contributed by atoms with Crippen LogP contribution in [0.1, 0.15) is 72.1 Å². The topological polar surface area (TPSA) is 20.2 Å². The molecule has 2 unspecified atom stereocenters. The van der Waals surface area contributed by atoms with Crippen molar-refractivity contribution < 1.29 is 5.11 Å². The molecule has 0 aliphatic heterocycles. The van der Waals surface area contributed by atoms with Crippen LogP contribution < -0.4 is 0 Å². The van der Waals surface area contributed by atoms with Crippen LogP contribution in [-0.4, -0.2) is 11.2 Å². The van der Waals surface area contributed by atoms with E-state index in [2.05, 4.69) is 26.8 Å². The number of aliphatic hydroxyl groups is 1. The van der Waals surface area contributed by atoms with Crippen molar-refractivity contribution in [1.82, 2.24) is 0 Å². The molecule has 118 valence electrons. The van der Waals surface area contributed by atoms with Crippen molar-refractivity contribution in [3.8, 4) is 0 Å². The zero-order valence-corrected chi connectivity index (χ0v) is 14.1. The summed E-state index contributed by atoms with van der Waals surface area (Å²) in [7, 11) is 0. The molecule has 1 nitrogen and oxygen atoms in total. The molecular formula is C20H32O. The summed E-state index contributed by atoms with van der Waals surface area (Å²) in [4.78, 5) is 0. The molecule has 0 spiro atoms. The van der Waals surface area contributed by atoms with E-state index in [1.807, 2.05) is 0 Å². The molecule has 0 heterocycles. The molecule has 7 atom stereocenters. The van der Waals surface area contributed by atoms with Gasteiger partial charge in [0.15, 0.2) is 0 Å². The van der Waals surface area contributed by atoms with Gasteiger partial charge in [-0.1, -0.05) is 25.5 Å². The summed E-state index contributed by atoms with van der Waals surface area (Å²) in [5, 5.41) is 10.5. The lowest BCUT2D eigenvalue weighted by Crippen LogP contribution is -2.53. The lowest BCUT2D eigenvalue weighted by atomic mass is 9.45. The highest BCUT2D eigenvalue weighted by Gasteiger charge is 2.59. The summed E-state index contributed by atoms with van der Waals surface area (Å²) >= 11 is 0. The Kier molecular flexibility index (Phi) is 3.13. The van der Waals surface area contributed by atoms with Crippen molar-refractivity contribution in [2.24, 2.45) is 34.5 Å². The third-order valence-electron chi connectivity index (χ3n) is 8.47. The molecule has 0 aromatic heterocycles. The summed E-state index contributed by atoms with van der Waals surface area (Å²) in [6.07, 6.45) is 13.0. The lowest BCUT2D eigenvalue weighted by Gasteiger charge is -2.59. The second kappa shape index (κ2) is 4.60. The maximum absolute atomic E-state index is 10.5. The van der Waals surface area contributed by atoms with Gasteiger partial charge in [-0.15, -0.1) is 0 Å². The Morgan fingerprint density at radius 1 is 1.00 bits per heavy atom. The fourth-order valence-corrected chi connectivity index (χ4v) is 7.03. The number of allylic oxidation sites excluding steroid dienone is 2. The summed E-state index contributed by atoms with van der Waals surface area (Å²) in [5.74, 6) is 3.55. The van der Waals surface area contributed by atoms with Crippen LogP contribution in [0.3, 0.4) is 0 Å². The van der Waals surface area contributed by atoms with E-state index in [0.29, 0.717) is 5.41 Å². The van der Waals surface area contributed by atoms with Crippen LogP contribution in [0.2, 0.25) is 0 Å². The van der Waals surface area contributed by atoms with E-state index < -0.39 is 0 Å². The third kappa shape index (κ3) is 1.85. The van der Waals surface area contributed by atoms with Crippen molar-refractivity contribution in [2.45, 2.75) is 78.2 Å². The van der Waals surface area contributed by atoms with E-state index in [4.69, 9.17) is 0 Å². The molecule has 0 aromatic carbocycles. The van der Waals surface area contributed by atoms with Gasteiger partial charge in [0.1, 0.15) is 0 Å². The molecule has 0 saturated heterocycles. The van der Waals surface area contributed by atoms with E-state index >= 15 is 0 Å². The predicted octanol–water partition coefficient (Wildman–Crippen LogP) is 4.95. The Balaban J connectivity index is 1.65. The van der Waals surface area contributed by atoms with Gasteiger partial charge in [-0.05, 0) is 92.8 Å². The van der Waals surface area contributed by atoms with Crippen LogP contribution in [0.4, 0.5) is 0 Å². The highest BCUT2D eigenvalue weighted by Crippen LogP contribution is 2.65. The highest BCUT2D eigenvalue weighted by molar-refractivity contribution is 5.15. The van der Waals surface area contributed by atoms with E-state index in [9.17, 15) is 5.11 Å². The molecule has 0 amide bonds. The van der Waals surface area contributed by atoms with Gasteiger partial charge in [0.2, 0.25) is 0 Å². The fourth-order valence-electron chi connectivity index (χ4n) is 7.03. The molecule has 4 aliphatic carbocycles. The van der Waals surface area contributed by atoms with Gasteiger partial charge < -0.3 is 5.11 Å². The van der Waals surface area contributed by atoms with Gasteiger partial charge in [0, 0.05) is 0 Å². The Morgan fingerprint density at radius 2 is 1.76 bits per heavy atom. The number of fused-ring (bicyclic) bond motifs is 5. The van der Waals surface area contributed by atoms with Gasteiger partial charge >= 0.3 is 0 Å². The molecule has 21 heavy (non-hydrogen) atoms. The van der Waals surface area contributed by atoms with Gasteiger partial charge in [-0.2, -0.15) is 0 Å². The van der Waals surface area contributed by atoms with E-state index in [-0.39, 0.29) is 11.5 Å². The molecule has 4 rings (SSSR count). The van der Waals surface area contributed by atoms with Crippen LogP contribution in [-0.2, 0) is 0 Å². The maximum Gasteiger partial charge on any atom is 0.0596 e. The molecule has 1 heteroatoms. The molecule has 0 bridgehead atoms. The van der Waals surface area contributed by atoms with Crippen LogP contribution in [0.15, 0.2) is 11.6 Å². The number of aliphatic hydroxyl groups excluding tert-OH is 1. The second-order valence-corrected chi connectivity index (χ2v) is 9.25. The van der Waals surface area contributed by atoms with Crippen molar-refractivity contribution in [2.75, 3.05) is 0 Å². The molecule has 0 aromatic rings. The van der Waals surface area contributed by atoms with E-state index in [1.165, 1.54) is 44.9 Å². The smallest absolute Gasteiger partial charge is 0.0596 e. The standard InChI is InChI=1S/C20H32O/c1-13-8-10-19(2)14(12-13)4-5-15-16-6-7-18(21)20(16,3)11-9-17(15)19/h8,14-18,21H,4-7,9-12H2,1-3H3/t14?,15-,16-,17+,18?,19-,20-/m0/s1. The first-order valence-corrected chi connectivity index (χ1v) is 9.29. The van der Waals surface area contributed by atoms with E-state index in [1.54, 1.807) is 5.57 Å². The quantitative estimate of drug-likeness (QED) is 0.626. The number of hydrogen-bond donors (Lipinski definition) is 1. The highest BCUT2D eigenvalue weighted by atomic mass is 16.3. The molecule has 3 saturated carbocycles. The normalized spacial score (nSPS) is 56.2. The minimum Gasteiger partial charge on any atom is -0.393 e. The monoisotopic (exact) mass is 288 g/mol. The molecular weight excluding hydrogens is 256 g/mol. The maximum atomic E-state index is 10.5. The Hall–Kier alpha value is -0.300. The van der Waals surface area contributed by atoms with Crippen LogP contribution in [0.5, 0.6) is 0 Å². The number of hydrogen-bond acceptors (Lipinski definition) is 1. The zero-order chi connectivity index (χ0) is 14.8. The lowest BCUT2D eigenvalue weighted by molar-refractivity contribution is -0.109. The molecule has 3 fully saturated rings. The van der Waals surface area contributed by atoms with Gasteiger partial charge in [0.25, 0.3) is 0 Å². The van der Waals surface area contributed by atoms with Crippen molar-refractivity contribution in [1.29, 1.82) is 0 Å². The average molecular weight is 288 g/mol.